The lowest BCUT2D eigenvalue weighted by Crippen LogP contribution is -2.36. The van der Waals surface area contributed by atoms with Crippen LogP contribution < -0.4 is 15.1 Å². The Hall–Kier alpha value is -4.38. The second kappa shape index (κ2) is 9.24. The number of aromatic nitrogens is 4. The van der Waals surface area contributed by atoms with Crippen LogP contribution in [0.4, 0.5) is 5.69 Å². The van der Waals surface area contributed by atoms with Gasteiger partial charge in [0.15, 0.2) is 11.4 Å². The zero-order valence-electron chi connectivity index (χ0n) is 18.8. The molecule has 0 N–H and O–H groups in total. The Kier molecular flexibility index (Phi) is 5.83. The lowest BCUT2D eigenvalue weighted by molar-refractivity contribution is 0.346. The number of rotatable bonds is 5. The molecule has 34 heavy (non-hydrogen) atoms. The Morgan fingerprint density at radius 2 is 1.76 bits per heavy atom. The molecule has 0 atom stereocenters. The first kappa shape index (κ1) is 21.5. The summed E-state index contributed by atoms with van der Waals surface area (Å²) in [5.74, 6) is 0.253. The van der Waals surface area contributed by atoms with Gasteiger partial charge in [-0.05, 0) is 43.2 Å². The number of benzene rings is 2. The van der Waals surface area contributed by atoms with E-state index in [1.54, 1.807) is 23.1 Å². The van der Waals surface area contributed by atoms with Crippen LogP contribution in [0.15, 0.2) is 77.9 Å². The molecule has 2 aromatic heterocycles. The molecule has 1 aliphatic heterocycles. The molecular formula is C26H24N6O2. The van der Waals surface area contributed by atoms with E-state index < -0.39 is 0 Å². The van der Waals surface area contributed by atoms with E-state index in [0.717, 1.165) is 37.3 Å². The number of anilines is 1. The van der Waals surface area contributed by atoms with Crippen molar-refractivity contribution in [2.75, 3.05) is 25.1 Å². The van der Waals surface area contributed by atoms with Gasteiger partial charge in [0.2, 0.25) is 0 Å². The maximum atomic E-state index is 13.1. The Labute approximate surface area is 197 Å². The number of ether oxygens (including phenoxy) is 1. The number of nitriles is 1. The summed E-state index contributed by atoms with van der Waals surface area (Å²) in [7, 11) is 1.50. The summed E-state index contributed by atoms with van der Waals surface area (Å²) in [4.78, 5) is 15.4. The highest BCUT2D eigenvalue weighted by atomic mass is 16.5. The molecule has 4 aromatic rings. The molecule has 0 radical (unpaired) electrons. The fraction of sp³-hybridized carbons (Fsp3) is 0.231. The lowest BCUT2D eigenvalue weighted by atomic mass is 10.0. The summed E-state index contributed by atoms with van der Waals surface area (Å²) in [5.41, 5.74) is 3.14. The van der Waals surface area contributed by atoms with Crippen LogP contribution in [0.2, 0.25) is 0 Å². The fourth-order valence-corrected chi connectivity index (χ4v) is 4.46. The van der Waals surface area contributed by atoms with Crippen LogP contribution in [0.1, 0.15) is 24.4 Å². The number of piperidine rings is 1. The van der Waals surface area contributed by atoms with Gasteiger partial charge in [0.05, 0.1) is 48.2 Å². The highest BCUT2D eigenvalue weighted by Crippen LogP contribution is 2.29. The Balaban J connectivity index is 1.46. The first-order chi connectivity index (χ1) is 16.7. The van der Waals surface area contributed by atoms with Gasteiger partial charge in [0.25, 0.3) is 5.43 Å². The van der Waals surface area contributed by atoms with Crippen LogP contribution in [0.25, 0.3) is 17.1 Å². The molecule has 0 bridgehead atoms. The van der Waals surface area contributed by atoms with Crippen LogP contribution in [0.5, 0.6) is 5.75 Å². The fourth-order valence-electron chi connectivity index (χ4n) is 4.46. The number of nitrogens with zero attached hydrogens (tertiary/aromatic N) is 6. The summed E-state index contributed by atoms with van der Waals surface area (Å²) >= 11 is 0. The summed E-state index contributed by atoms with van der Waals surface area (Å²) < 4.78 is 9.00. The molecule has 170 valence electrons. The summed E-state index contributed by atoms with van der Waals surface area (Å²) in [6.07, 6.45) is 5.02. The van der Waals surface area contributed by atoms with E-state index in [2.05, 4.69) is 16.1 Å². The van der Waals surface area contributed by atoms with E-state index in [-0.39, 0.29) is 17.2 Å². The van der Waals surface area contributed by atoms with Gasteiger partial charge in [-0.25, -0.2) is 4.68 Å². The molecule has 2 aromatic carbocycles. The normalized spacial score (nSPS) is 14.1. The molecular weight excluding hydrogens is 428 g/mol. The van der Waals surface area contributed by atoms with Crippen molar-refractivity contribution >= 4 is 5.69 Å². The maximum Gasteiger partial charge on any atom is 0.251 e. The molecule has 8 heteroatoms. The van der Waals surface area contributed by atoms with Gasteiger partial charge < -0.3 is 9.64 Å². The van der Waals surface area contributed by atoms with Crippen molar-refractivity contribution in [2.45, 2.75) is 18.9 Å². The van der Waals surface area contributed by atoms with Gasteiger partial charge in [-0.2, -0.15) is 15.5 Å². The van der Waals surface area contributed by atoms with Gasteiger partial charge in [0.1, 0.15) is 6.07 Å². The summed E-state index contributed by atoms with van der Waals surface area (Å²) in [6.45, 7) is 1.58. The molecule has 1 saturated heterocycles. The Morgan fingerprint density at radius 3 is 2.50 bits per heavy atom. The van der Waals surface area contributed by atoms with Crippen molar-refractivity contribution in [3.63, 3.8) is 0 Å². The standard InChI is InChI=1S/C26H24N6O2/c1-34-24-18-31(20-12-15-30(16-13-20)22-10-6-5-7-19(22)17-27)29-25(26(24)33)23-11-14-28-32(23)21-8-3-2-4-9-21/h2-11,14,18,20H,12-13,15-16H2,1H3. The van der Waals surface area contributed by atoms with Crippen LogP contribution in [-0.2, 0) is 0 Å². The Morgan fingerprint density at radius 1 is 1.03 bits per heavy atom. The molecule has 0 aliphatic carbocycles. The molecule has 0 spiro atoms. The highest BCUT2D eigenvalue weighted by Gasteiger charge is 2.25. The van der Waals surface area contributed by atoms with Crippen LogP contribution in [-0.4, -0.2) is 39.8 Å². The van der Waals surface area contributed by atoms with Crippen molar-refractivity contribution in [1.82, 2.24) is 19.6 Å². The predicted octanol–water partition coefficient (Wildman–Crippen LogP) is 3.82. The van der Waals surface area contributed by atoms with Crippen molar-refractivity contribution in [3.8, 4) is 28.9 Å². The Bertz CT molecular complexity index is 1390. The minimum absolute atomic E-state index is 0.104. The van der Waals surface area contributed by atoms with Crippen molar-refractivity contribution in [3.05, 3.63) is 88.8 Å². The molecule has 5 rings (SSSR count). The van der Waals surface area contributed by atoms with E-state index in [1.165, 1.54) is 7.11 Å². The van der Waals surface area contributed by atoms with Crippen molar-refractivity contribution in [1.29, 1.82) is 5.26 Å². The highest BCUT2D eigenvalue weighted by molar-refractivity contribution is 5.60. The van der Waals surface area contributed by atoms with Crippen LogP contribution in [0.3, 0.4) is 0 Å². The molecule has 0 amide bonds. The smallest absolute Gasteiger partial charge is 0.251 e. The van der Waals surface area contributed by atoms with E-state index in [9.17, 15) is 10.1 Å². The van der Waals surface area contributed by atoms with Crippen molar-refractivity contribution in [2.24, 2.45) is 0 Å². The quantitative estimate of drug-likeness (QED) is 0.457. The monoisotopic (exact) mass is 452 g/mol. The third-order valence-electron chi connectivity index (χ3n) is 6.21. The van der Waals surface area contributed by atoms with Crippen LogP contribution >= 0.6 is 0 Å². The number of hydrogen-bond donors (Lipinski definition) is 0. The second-order valence-electron chi connectivity index (χ2n) is 8.17. The maximum absolute atomic E-state index is 13.1. The second-order valence-corrected chi connectivity index (χ2v) is 8.17. The van der Waals surface area contributed by atoms with E-state index in [4.69, 9.17) is 9.84 Å². The average Bonchev–Trinajstić information content (AvgIpc) is 3.39. The average molecular weight is 453 g/mol. The number of methoxy groups -OCH3 is 1. The SMILES string of the molecule is COc1cn(C2CCN(c3ccccc3C#N)CC2)nc(-c2ccnn2-c2ccccc2)c1=O. The largest absolute Gasteiger partial charge is 0.491 e. The molecule has 0 unspecified atom stereocenters. The molecule has 3 heterocycles. The third-order valence-corrected chi connectivity index (χ3v) is 6.21. The van der Waals surface area contributed by atoms with Gasteiger partial charge in [0, 0.05) is 13.1 Å². The minimum atomic E-state index is -0.267. The zero-order valence-corrected chi connectivity index (χ0v) is 18.8. The first-order valence-electron chi connectivity index (χ1n) is 11.2. The van der Waals surface area contributed by atoms with Crippen molar-refractivity contribution < 1.29 is 4.74 Å². The summed E-state index contributed by atoms with van der Waals surface area (Å²) in [6, 6.07) is 21.5. The third kappa shape index (κ3) is 3.92. The zero-order chi connectivity index (χ0) is 23.5. The topological polar surface area (TPSA) is 89.0 Å². The van der Waals surface area contributed by atoms with E-state index >= 15 is 0 Å². The van der Waals surface area contributed by atoms with E-state index in [0.29, 0.717) is 17.0 Å². The van der Waals surface area contributed by atoms with Gasteiger partial charge in [-0.15, -0.1) is 0 Å². The molecule has 0 saturated carbocycles. The first-order valence-corrected chi connectivity index (χ1v) is 11.2. The predicted molar refractivity (Wildman–Crippen MR) is 129 cm³/mol. The number of para-hydroxylation sites is 2. The van der Waals surface area contributed by atoms with E-state index in [1.807, 2.05) is 59.3 Å². The molecule has 1 aliphatic rings. The van der Waals surface area contributed by atoms with Gasteiger partial charge in [-0.3, -0.25) is 9.48 Å². The summed E-state index contributed by atoms with van der Waals surface area (Å²) in [5, 5.41) is 18.6. The van der Waals surface area contributed by atoms with Gasteiger partial charge >= 0.3 is 0 Å². The number of hydrogen-bond acceptors (Lipinski definition) is 6. The molecule has 8 nitrogen and oxygen atoms in total. The lowest BCUT2D eigenvalue weighted by Gasteiger charge is -2.34. The van der Waals surface area contributed by atoms with Crippen LogP contribution in [0, 0.1) is 11.3 Å². The molecule has 1 fully saturated rings. The minimum Gasteiger partial charge on any atom is -0.491 e. The van der Waals surface area contributed by atoms with Gasteiger partial charge in [-0.1, -0.05) is 30.3 Å².